The molecular weight excluding hydrogens is 279 g/mol. The van der Waals surface area contributed by atoms with Gasteiger partial charge in [0.1, 0.15) is 0 Å². The predicted octanol–water partition coefficient (Wildman–Crippen LogP) is 1.82. The number of carboxylic acid groups (broad SMARTS) is 1. The third kappa shape index (κ3) is 6.48. The smallest absolute Gasteiger partial charge is 0.453 e. The van der Waals surface area contributed by atoms with E-state index in [9.17, 15) is 26.7 Å². The molecule has 0 fully saturated rings. The maximum absolute atomic E-state index is 12.4. The number of hydrogen-bond acceptors (Lipinski definition) is 3. The molecule has 0 bridgehead atoms. The molecule has 114 valence electrons. The Morgan fingerprint density at radius 1 is 1.26 bits per heavy atom. The molecule has 0 aliphatic heterocycles. The second-order valence-electron chi connectivity index (χ2n) is 3.74. The molecule has 0 spiro atoms. The maximum atomic E-state index is 12.4. The van der Waals surface area contributed by atoms with E-state index < -0.39 is 36.7 Å². The van der Waals surface area contributed by atoms with Crippen LogP contribution >= 0.6 is 0 Å². The lowest BCUT2D eigenvalue weighted by Crippen LogP contribution is -2.47. The van der Waals surface area contributed by atoms with Gasteiger partial charge in [0.05, 0.1) is 18.6 Å². The van der Waals surface area contributed by atoms with Crippen molar-refractivity contribution in [2.24, 2.45) is 5.92 Å². The molecule has 4 nitrogen and oxygen atoms in total. The number of carbonyl (C=O) groups is 1. The van der Waals surface area contributed by atoms with Crippen molar-refractivity contribution in [1.29, 1.82) is 0 Å². The highest BCUT2D eigenvalue weighted by Gasteiger charge is 2.62. The van der Waals surface area contributed by atoms with Gasteiger partial charge < -0.3 is 15.3 Å². The second kappa shape index (κ2) is 7.39. The van der Waals surface area contributed by atoms with Crippen LogP contribution in [0.25, 0.3) is 0 Å². The zero-order valence-electron chi connectivity index (χ0n) is 10.2. The first-order chi connectivity index (χ1) is 8.28. The first kappa shape index (κ1) is 20.1. The van der Waals surface area contributed by atoms with Gasteiger partial charge in [0.25, 0.3) is 0 Å². The van der Waals surface area contributed by atoms with E-state index in [0.717, 1.165) is 0 Å². The molecular formula is C10H15F5O4. The molecule has 2 atom stereocenters. The van der Waals surface area contributed by atoms with Gasteiger partial charge in [-0.25, -0.2) is 4.79 Å². The molecule has 0 radical (unpaired) electrons. The van der Waals surface area contributed by atoms with E-state index in [1.807, 2.05) is 0 Å². The van der Waals surface area contributed by atoms with Crippen LogP contribution in [0.15, 0.2) is 12.2 Å². The van der Waals surface area contributed by atoms with Crippen LogP contribution in [-0.2, 0) is 4.79 Å². The molecule has 0 saturated heterocycles. The zero-order chi connectivity index (χ0) is 16.0. The molecule has 0 heterocycles. The van der Waals surface area contributed by atoms with Crippen LogP contribution in [-0.4, -0.2) is 46.1 Å². The van der Waals surface area contributed by atoms with Crippen LogP contribution in [0.4, 0.5) is 22.0 Å². The highest BCUT2D eigenvalue weighted by Crippen LogP contribution is 2.42. The van der Waals surface area contributed by atoms with E-state index >= 15 is 0 Å². The van der Waals surface area contributed by atoms with Gasteiger partial charge in [-0.3, -0.25) is 0 Å². The zero-order valence-corrected chi connectivity index (χ0v) is 10.2. The van der Waals surface area contributed by atoms with Crippen LogP contribution in [0, 0.1) is 5.92 Å². The Bertz CT molecular complexity index is 302. The summed E-state index contributed by atoms with van der Waals surface area (Å²) in [6, 6.07) is 0. The lowest BCUT2D eigenvalue weighted by molar-refractivity contribution is -0.310. The molecule has 2 unspecified atom stereocenters. The number of halogens is 5. The summed E-state index contributed by atoms with van der Waals surface area (Å²) < 4.78 is 59.6. The summed E-state index contributed by atoms with van der Waals surface area (Å²) in [5.41, 5.74) is 0.176. The van der Waals surface area contributed by atoms with Crippen molar-refractivity contribution in [2.75, 3.05) is 6.61 Å². The van der Waals surface area contributed by atoms with Gasteiger partial charge in [0.2, 0.25) is 0 Å². The Kier molecular flexibility index (Phi) is 7.82. The molecule has 3 N–H and O–H groups in total. The second-order valence-corrected chi connectivity index (χ2v) is 3.74. The lowest BCUT2D eigenvalue weighted by Gasteiger charge is -2.28. The Labute approximate surface area is 106 Å². The average molecular weight is 294 g/mol. The Morgan fingerprint density at radius 2 is 1.58 bits per heavy atom. The third-order valence-electron chi connectivity index (χ3n) is 2.08. The monoisotopic (exact) mass is 294 g/mol. The predicted molar refractivity (Wildman–Crippen MR) is 55.7 cm³/mol. The van der Waals surface area contributed by atoms with Crippen molar-refractivity contribution in [1.82, 2.24) is 0 Å². The number of carboxylic acids is 1. The van der Waals surface area contributed by atoms with Gasteiger partial charge in [0, 0.05) is 5.57 Å². The number of aliphatic hydroxyl groups is 2. The van der Waals surface area contributed by atoms with Crippen molar-refractivity contribution < 1.29 is 42.1 Å². The van der Waals surface area contributed by atoms with Gasteiger partial charge in [-0.2, -0.15) is 22.0 Å². The molecule has 9 heteroatoms. The lowest BCUT2D eigenvalue weighted by atomic mass is 9.97. The fraction of sp³-hybridized carbons (Fsp3) is 0.700. The first-order valence-electron chi connectivity index (χ1n) is 4.91. The number of aliphatic carboxylic acids is 1. The third-order valence-corrected chi connectivity index (χ3v) is 2.08. The SMILES string of the molecule is C=C(C)C(=O)O.CC(C(O)CO)C(F)(F)C(F)(F)F. The maximum Gasteiger partial charge on any atom is 0.453 e. The van der Waals surface area contributed by atoms with E-state index in [1.54, 1.807) is 0 Å². The van der Waals surface area contributed by atoms with E-state index in [2.05, 4.69) is 6.58 Å². The topological polar surface area (TPSA) is 77.8 Å². The number of alkyl halides is 5. The molecule has 0 saturated carbocycles. The highest BCUT2D eigenvalue weighted by atomic mass is 19.4. The van der Waals surface area contributed by atoms with Gasteiger partial charge in [-0.05, 0) is 6.92 Å². The number of aliphatic hydroxyl groups excluding tert-OH is 2. The molecule has 0 aromatic heterocycles. The van der Waals surface area contributed by atoms with Gasteiger partial charge in [0.15, 0.2) is 0 Å². The summed E-state index contributed by atoms with van der Waals surface area (Å²) >= 11 is 0. The first-order valence-corrected chi connectivity index (χ1v) is 4.91. The van der Waals surface area contributed by atoms with Crippen LogP contribution in [0.5, 0.6) is 0 Å². The normalized spacial score (nSPS) is 15.0. The minimum Gasteiger partial charge on any atom is -0.478 e. The van der Waals surface area contributed by atoms with Crippen molar-refractivity contribution in [3.05, 3.63) is 12.2 Å². The van der Waals surface area contributed by atoms with Crippen LogP contribution in [0.2, 0.25) is 0 Å². The fourth-order valence-electron chi connectivity index (χ4n) is 0.658. The minimum atomic E-state index is -5.71. The van der Waals surface area contributed by atoms with E-state index in [-0.39, 0.29) is 5.57 Å². The van der Waals surface area contributed by atoms with Crippen molar-refractivity contribution in [3.63, 3.8) is 0 Å². The van der Waals surface area contributed by atoms with E-state index in [0.29, 0.717) is 6.92 Å². The van der Waals surface area contributed by atoms with Gasteiger partial charge in [-0.15, -0.1) is 0 Å². The fourth-order valence-corrected chi connectivity index (χ4v) is 0.658. The summed E-state index contributed by atoms with van der Waals surface area (Å²) in [5, 5.41) is 24.7. The summed E-state index contributed by atoms with van der Waals surface area (Å²) in [6.07, 6.45) is -7.79. The minimum absolute atomic E-state index is 0.176. The summed E-state index contributed by atoms with van der Waals surface area (Å²) in [5.74, 6) is -8.29. The van der Waals surface area contributed by atoms with Gasteiger partial charge in [-0.1, -0.05) is 13.5 Å². The highest BCUT2D eigenvalue weighted by molar-refractivity contribution is 5.84. The number of rotatable bonds is 4. The van der Waals surface area contributed by atoms with Gasteiger partial charge >= 0.3 is 18.1 Å². The van der Waals surface area contributed by atoms with Crippen molar-refractivity contribution in [2.45, 2.75) is 32.1 Å². The van der Waals surface area contributed by atoms with Crippen LogP contribution in [0.3, 0.4) is 0 Å². The van der Waals surface area contributed by atoms with E-state index in [1.165, 1.54) is 6.92 Å². The molecule has 0 amide bonds. The average Bonchev–Trinajstić information content (AvgIpc) is 2.26. The summed E-state index contributed by atoms with van der Waals surface area (Å²) in [6.45, 7) is 3.99. The Morgan fingerprint density at radius 3 is 1.74 bits per heavy atom. The molecule has 0 rings (SSSR count). The van der Waals surface area contributed by atoms with Crippen LogP contribution < -0.4 is 0 Å². The molecule has 19 heavy (non-hydrogen) atoms. The largest absolute Gasteiger partial charge is 0.478 e. The Balaban J connectivity index is 0. The van der Waals surface area contributed by atoms with Crippen molar-refractivity contribution in [3.8, 4) is 0 Å². The quantitative estimate of drug-likeness (QED) is 0.546. The molecule has 0 aliphatic rings. The summed E-state index contributed by atoms with van der Waals surface area (Å²) in [7, 11) is 0. The molecule has 0 aliphatic carbocycles. The standard InChI is InChI=1S/C6H9F5O2.C4H6O2/c1-3(4(13)2-12)5(7,8)6(9,10)11;1-3(2)4(5)6/h3-4,12-13H,2H2,1H3;1H2,2H3,(H,5,6). The molecule has 0 aromatic rings. The van der Waals surface area contributed by atoms with E-state index in [4.69, 9.17) is 15.3 Å². The van der Waals surface area contributed by atoms with Crippen molar-refractivity contribution >= 4 is 5.97 Å². The number of hydrogen-bond donors (Lipinski definition) is 3. The molecule has 0 aromatic carbocycles. The Hall–Kier alpha value is -1.22. The van der Waals surface area contributed by atoms with Crippen LogP contribution in [0.1, 0.15) is 13.8 Å². The summed E-state index contributed by atoms with van der Waals surface area (Å²) in [4.78, 5) is 9.60.